The quantitative estimate of drug-likeness (QED) is 0.788. The predicted molar refractivity (Wildman–Crippen MR) is 96.9 cm³/mol. The first-order chi connectivity index (χ1) is 12.5. The summed E-state index contributed by atoms with van der Waals surface area (Å²) in [5, 5.41) is 9.61. The van der Waals surface area contributed by atoms with Gasteiger partial charge in [0.25, 0.3) is 5.91 Å². The van der Waals surface area contributed by atoms with Crippen LogP contribution in [-0.2, 0) is 11.8 Å². The third kappa shape index (κ3) is 2.73. The monoisotopic (exact) mass is 349 g/mol. The molecule has 2 heterocycles. The first-order valence-corrected chi connectivity index (χ1v) is 8.52. The van der Waals surface area contributed by atoms with E-state index >= 15 is 0 Å². The number of aliphatic carboxylic acids is 1. The summed E-state index contributed by atoms with van der Waals surface area (Å²) in [7, 11) is 1.90. The van der Waals surface area contributed by atoms with Crippen LogP contribution in [0.4, 0.5) is 0 Å². The van der Waals surface area contributed by atoms with Crippen LogP contribution < -0.4 is 0 Å². The second-order valence-corrected chi connectivity index (χ2v) is 6.73. The van der Waals surface area contributed by atoms with Gasteiger partial charge < -0.3 is 14.6 Å². The summed E-state index contributed by atoms with van der Waals surface area (Å²) in [6.07, 6.45) is 1.71. The first-order valence-electron chi connectivity index (χ1n) is 8.52. The van der Waals surface area contributed by atoms with Crippen LogP contribution in [0.15, 0.2) is 54.9 Å². The minimum atomic E-state index is -0.866. The van der Waals surface area contributed by atoms with E-state index in [1.807, 2.05) is 48.0 Å². The average molecular weight is 349 g/mol. The Labute approximate surface area is 150 Å². The van der Waals surface area contributed by atoms with E-state index in [0.29, 0.717) is 12.1 Å². The van der Waals surface area contributed by atoms with Crippen molar-refractivity contribution in [2.24, 2.45) is 13.0 Å². The Balaban J connectivity index is 1.62. The lowest BCUT2D eigenvalue weighted by Crippen LogP contribution is -2.29. The summed E-state index contributed by atoms with van der Waals surface area (Å²) >= 11 is 0. The molecule has 0 saturated carbocycles. The van der Waals surface area contributed by atoms with E-state index in [-0.39, 0.29) is 18.4 Å². The summed E-state index contributed by atoms with van der Waals surface area (Å²) in [6, 6.07) is 15.0. The largest absolute Gasteiger partial charge is 0.481 e. The average Bonchev–Trinajstić information content (AvgIpc) is 3.26. The second kappa shape index (κ2) is 6.29. The summed E-state index contributed by atoms with van der Waals surface area (Å²) < 4.78 is 1.89. The number of aromatic nitrogens is 2. The highest BCUT2D eigenvalue weighted by Gasteiger charge is 2.40. The molecule has 1 aliphatic heterocycles. The van der Waals surface area contributed by atoms with Crippen LogP contribution in [0, 0.1) is 5.92 Å². The lowest BCUT2D eigenvalue weighted by Gasteiger charge is -2.16. The van der Waals surface area contributed by atoms with E-state index in [1.54, 1.807) is 23.4 Å². The molecule has 0 bridgehead atoms. The van der Waals surface area contributed by atoms with Crippen LogP contribution in [0.2, 0.25) is 0 Å². The van der Waals surface area contributed by atoms with Gasteiger partial charge in [-0.05, 0) is 23.8 Å². The fraction of sp³-hybridized carbons (Fsp3) is 0.250. The van der Waals surface area contributed by atoms with Crippen LogP contribution in [0.25, 0.3) is 11.0 Å². The molecule has 0 aliphatic carbocycles. The Morgan fingerprint density at radius 2 is 1.88 bits per heavy atom. The smallest absolute Gasteiger partial charge is 0.308 e. The first kappa shape index (κ1) is 16.3. The molecule has 0 spiro atoms. The number of imidazole rings is 1. The zero-order valence-electron chi connectivity index (χ0n) is 14.4. The van der Waals surface area contributed by atoms with Crippen LogP contribution in [0.3, 0.4) is 0 Å². The van der Waals surface area contributed by atoms with E-state index in [2.05, 4.69) is 4.98 Å². The Morgan fingerprint density at radius 3 is 2.62 bits per heavy atom. The number of likely N-dealkylation sites (tertiary alicyclic amines) is 1. The molecule has 2 atom stereocenters. The number of carbonyl (C=O) groups excluding carboxylic acids is 1. The highest BCUT2D eigenvalue weighted by molar-refractivity contribution is 5.98. The molecule has 1 N–H and O–H groups in total. The molecule has 0 unspecified atom stereocenters. The maximum atomic E-state index is 12.9. The molecular formula is C20H19N3O3. The highest BCUT2D eigenvalue weighted by atomic mass is 16.4. The highest BCUT2D eigenvalue weighted by Crippen LogP contribution is 2.33. The molecule has 1 fully saturated rings. The molecule has 4 rings (SSSR count). The Morgan fingerprint density at radius 1 is 1.12 bits per heavy atom. The number of hydrogen-bond donors (Lipinski definition) is 1. The van der Waals surface area contributed by atoms with Crippen LogP contribution in [0.1, 0.15) is 21.8 Å². The Kier molecular flexibility index (Phi) is 3.95. The number of aryl methyl sites for hydroxylation is 1. The Bertz CT molecular complexity index is 980. The van der Waals surface area contributed by atoms with Gasteiger partial charge in [0.15, 0.2) is 0 Å². The number of rotatable bonds is 3. The zero-order valence-corrected chi connectivity index (χ0v) is 14.4. The third-order valence-corrected chi connectivity index (χ3v) is 5.12. The van der Waals surface area contributed by atoms with E-state index in [0.717, 1.165) is 16.6 Å². The van der Waals surface area contributed by atoms with Crippen molar-refractivity contribution in [2.45, 2.75) is 5.92 Å². The summed E-state index contributed by atoms with van der Waals surface area (Å²) in [5.74, 6) is -1.81. The molecule has 3 aromatic rings. The molecule has 26 heavy (non-hydrogen) atoms. The second-order valence-electron chi connectivity index (χ2n) is 6.73. The Hall–Kier alpha value is -3.15. The summed E-state index contributed by atoms with van der Waals surface area (Å²) in [6.45, 7) is 0.619. The van der Waals surface area contributed by atoms with Crippen molar-refractivity contribution in [3.8, 4) is 0 Å². The van der Waals surface area contributed by atoms with Crippen molar-refractivity contribution < 1.29 is 14.7 Å². The van der Waals surface area contributed by atoms with Gasteiger partial charge in [-0.1, -0.05) is 30.3 Å². The maximum Gasteiger partial charge on any atom is 0.308 e. The van der Waals surface area contributed by atoms with Crippen molar-refractivity contribution in [3.05, 3.63) is 66.0 Å². The zero-order chi connectivity index (χ0) is 18.3. The fourth-order valence-corrected chi connectivity index (χ4v) is 3.71. The van der Waals surface area contributed by atoms with Gasteiger partial charge in [0.2, 0.25) is 0 Å². The molecule has 1 aromatic heterocycles. The van der Waals surface area contributed by atoms with Gasteiger partial charge in [0.1, 0.15) is 0 Å². The standard InChI is InChI=1S/C20H19N3O3/c1-22-12-21-17-9-14(7-8-18(17)22)19(24)23-10-15(16(11-23)20(25)26)13-5-3-2-4-6-13/h2-9,12,15-16H,10-11H2,1H3,(H,25,26)/t15-,16+/m1/s1. The van der Waals surface area contributed by atoms with Gasteiger partial charge in [-0.3, -0.25) is 9.59 Å². The lowest BCUT2D eigenvalue weighted by atomic mass is 9.89. The van der Waals surface area contributed by atoms with Crippen LogP contribution in [-0.4, -0.2) is 44.5 Å². The molecule has 1 aliphatic rings. The van der Waals surface area contributed by atoms with Gasteiger partial charge in [-0.15, -0.1) is 0 Å². The van der Waals surface area contributed by atoms with E-state index in [9.17, 15) is 14.7 Å². The van der Waals surface area contributed by atoms with Crippen molar-refractivity contribution in [1.82, 2.24) is 14.5 Å². The molecular weight excluding hydrogens is 330 g/mol. The molecule has 2 aromatic carbocycles. The fourth-order valence-electron chi connectivity index (χ4n) is 3.71. The predicted octanol–water partition coefficient (Wildman–Crippen LogP) is 2.51. The molecule has 1 amide bonds. The van der Waals surface area contributed by atoms with E-state index in [1.165, 1.54) is 0 Å². The summed E-state index contributed by atoms with van der Waals surface area (Å²) in [4.78, 5) is 30.6. The number of carboxylic acid groups (broad SMARTS) is 1. The number of hydrogen-bond acceptors (Lipinski definition) is 3. The van der Waals surface area contributed by atoms with E-state index < -0.39 is 11.9 Å². The number of benzene rings is 2. The normalized spacial score (nSPS) is 19.8. The van der Waals surface area contributed by atoms with Crippen molar-refractivity contribution in [3.63, 3.8) is 0 Å². The maximum absolute atomic E-state index is 12.9. The minimum absolute atomic E-state index is 0.151. The van der Waals surface area contributed by atoms with Crippen molar-refractivity contribution in [1.29, 1.82) is 0 Å². The molecule has 132 valence electrons. The number of amides is 1. The number of fused-ring (bicyclic) bond motifs is 1. The van der Waals surface area contributed by atoms with E-state index in [4.69, 9.17) is 0 Å². The topological polar surface area (TPSA) is 75.4 Å². The SMILES string of the molecule is Cn1cnc2cc(C(=O)N3C[C@H](C(=O)O)[C@@H](c4ccccc4)C3)ccc21. The number of nitrogens with zero attached hydrogens (tertiary/aromatic N) is 3. The van der Waals surface area contributed by atoms with Crippen LogP contribution in [0.5, 0.6) is 0 Å². The van der Waals surface area contributed by atoms with Crippen molar-refractivity contribution >= 4 is 22.9 Å². The summed E-state index contributed by atoms with van der Waals surface area (Å²) in [5.41, 5.74) is 3.20. The van der Waals surface area contributed by atoms with Gasteiger partial charge in [0.05, 0.1) is 23.3 Å². The van der Waals surface area contributed by atoms with Gasteiger partial charge >= 0.3 is 5.97 Å². The minimum Gasteiger partial charge on any atom is -0.481 e. The third-order valence-electron chi connectivity index (χ3n) is 5.12. The molecule has 1 saturated heterocycles. The van der Waals surface area contributed by atoms with Crippen LogP contribution >= 0.6 is 0 Å². The molecule has 6 heteroatoms. The van der Waals surface area contributed by atoms with Gasteiger partial charge in [-0.25, -0.2) is 4.98 Å². The molecule has 6 nitrogen and oxygen atoms in total. The van der Waals surface area contributed by atoms with Gasteiger partial charge in [-0.2, -0.15) is 0 Å². The lowest BCUT2D eigenvalue weighted by molar-refractivity contribution is -0.141. The van der Waals surface area contributed by atoms with Crippen molar-refractivity contribution in [2.75, 3.05) is 13.1 Å². The number of carboxylic acids is 1. The van der Waals surface area contributed by atoms with Gasteiger partial charge in [0, 0.05) is 31.6 Å². The number of carbonyl (C=O) groups is 2. The molecule has 0 radical (unpaired) electrons.